The summed E-state index contributed by atoms with van der Waals surface area (Å²) in [4.78, 5) is 18.1. The topological polar surface area (TPSA) is 70.6 Å². The number of carbonyl (C=O) groups is 1. The minimum absolute atomic E-state index is 0.219. The quantitative estimate of drug-likeness (QED) is 0.810. The fourth-order valence-electron chi connectivity index (χ4n) is 2.61. The zero-order valence-electron chi connectivity index (χ0n) is 13.7. The summed E-state index contributed by atoms with van der Waals surface area (Å²) >= 11 is 1.18. The minimum atomic E-state index is -3.57. The Balaban J connectivity index is 1.67. The third-order valence-corrected chi connectivity index (χ3v) is 7.52. The van der Waals surface area contributed by atoms with Crippen molar-refractivity contribution in [3.05, 3.63) is 46.9 Å². The predicted molar refractivity (Wildman–Crippen MR) is 92.6 cm³/mol. The number of sulfonamides is 1. The molecule has 1 aromatic carbocycles. The molecule has 1 saturated heterocycles. The summed E-state index contributed by atoms with van der Waals surface area (Å²) in [5.74, 6) is -0.619. The number of piperazine rings is 1. The molecule has 2 heterocycles. The van der Waals surface area contributed by atoms with Gasteiger partial charge < -0.3 is 4.90 Å². The van der Waals surface area contributed by atoms with Crippen LogP contribution >= 0.6 is 11.3 Å². The highest BCUT2D eigenvalue weighted by molar-refractivity contribution is 7.91. The lowest BCUT2D eigenvalue weighted by Gasteiger charge is -2.33. The van der Waals surface area contributed by atoms with Crippen molar-refractivity contribution in [1.29, 1.82) is 0 Å². The van der Waals surface area contributed by atoms with Crippen molar-refractivity contribution in [2.75, 3.05) is 26.2 Å². The van der Waals surface area contributed by atoms with Gasteiger partial charge in [-0.05, 0) is 30.7 Å². The van der Waals surface area contributed by atoms with E-state index in [4.69, 9.17) is 0 Å². The summed E-state index contributed by atoms with van der Waals surface area (Å²) in [5.41, 5.74) is 0.396. The van der Waals surface area contributed by atoms with Crippen LogP contribution in [0.5, 0.6) is 0 Å². The van der Waals surface area contributed by atoms with Crippen LogP contribution in [0.25, 0.3) is 0 Å². The molecule has 1 fully saturated rings. The van der Waals surface area contributed by atoms with Gasteiger partial charge in [-0.2, -0.15) is 4.31 Å². The normalized spacial score (nSPS) is 16.2. The van der Waals surface area contributed by atoms with Crippen molar-refractivity contribution in [2.24, 2.45) is 0 Å². The van der Waals surface area contributed by atoms with Crippen molar-refractivity contribution >= 4 is 27.3 Å². The Kier molecular flexibility index (Phi) is 5.16. The summed E-state index contributed by atoms with van der Waals surface area (Å²) in [5, 5.41) is 0.781. The Morgan fingerprint density at radius 1 is 1.20 bits per heavy atom. The Bertz CT molecular complexity index is 857. The van der Waals surface area contributed by atoms with Crippen LogP contribution in [-0.2, 0) is 16.4 Å². The lowest BCUT2D eigenvalue weighted by Crippen LogP contribution is -2.50. The molecule has 1 aliphatic heterocycles. The van der Waals surface area contributed by atoms with E-state index in [0.29, 0.717) is 25.1 Å². The van der Waals surface area contributed by atoms with Crippen LogP contribution in [0.2, 0.25) is 0 Å². The number of hydrogen-bond donors (Lipinski definition) is 0. The first-order valence-electron chi connectivity index (χ1n) is 7.91. The van der Waals surface area contributed by atoms with Gasteiger partial charge >= 0.3 is 0 Å². The molecule has 2 aromatic rings. The van der Waals surface area contributed by atoms with E-state index in [9.17, 15) is 17.6 Å². The molecular formula is C16H18FN3O3S2. The maximum absolute atomic E-state index is 13.0. The summed E-state index contributed by atoms with van der Waals surface area (Å²) in [6, 6.07) is 5.35. The van der Waals surface area contributed by atoms with E-state index < -0.39 is 15.8 Å². The van der Waals surface area contributed by atoms with Gasteiger partial charge in [0.05, 0.1) is 11.2 Å². The predicted octanol–water partition coefficient (Wildman–Crippen LogP) is 1.99. The molecule has 0 aliphatic carbocycles. The fraction of sp³-hybridized carbons (Fsp3) is 0.375. The van der Waals surface area contributed by atoms with E-state index in [1.807, 2.05) is 6.92 Å². The highest BCUT2D eigenvalue weighted by Gasteiger charge is 2.31. The second-order valence-electron chi connectivity index (χ2n) is 5.63. The Labute approximate surface area is 150 Å². The first-order valence-corrected chi connectivity index (χ1v) is 10.2. The van der Waals surface area contributed by atoms with Gasteiger partial charge in [-0.1, -0.05) is 6.92 Å². The average Bonchev–Trinajstić information content (AvgIpc) is 3.12. The van der Waals surface area contributed by atoms with Crippen LogP contribution < -0.4 is 0 Å². The molecule has 1 amide bonds. The van der Waals surface area contributed by atoms with E-state index in [2.05, 4.69) is 4.98 Å². The van der Waals surface area contributed by atoms with Crippen LogP contribution in [0.3, 0.4) is 0 Å². The molecule has 25 heavy (non-hydrogen) atoms. The number of halogens is 1. The van der Waals surface area contributed by atoms with Gasteiger partial charge in [0.1, 0.15) is 5.82 Å². The monoisotopic (exact) mass is 383 g/mol. The van der Waals surface area contributed by atoms with Crippen LogP contribution in [0.15, 0.2) is 34.7 Å². The molecule has 6 nitrogen and oxygen atoms in total. The number of rotatable bonds is 4. The summed E-state index contributed by atoms with van der Waals surface area (Å²) in [7, 11) is -3.57. The molecule has 0 N–H and O–H groups in total. The Morgan fingerprint density at radius 3 is 2.40 bits per heavy atom. The number of aryl methyl sites for hydroxylation is 1. The molecule has 3 rings (SSSR count). The van der Waals surface area contributed by atoms with Crippen molar-refractivity contribution in [3.8, 4) is 0 Å². The van der Waals surface area contributed by atoms with E-state index in [1.165, 1.54) is 46.1 Å². The first-order chi connectivity index (χ1) is 11.9. The van der Waals surface area contributed by atoms with E-state index in [0.717, 1.165) is 5.01 Å². The molecule has 0 saturated carbocycles. The third kappa shape index (κ3) is 3.73. The summed E-state index contributed by atoms with van der Waals surface area (Å²) < 4.78 is 39.9. The standard InChI is InChI=1S/C16H18FN3O3S2/c1-2-14-18-11-15(24-14)25(22,23)20-9-7-19(8-10-20)16(21)12-3-5-13(17)6-4-12/h3-6,11H,2,7-10H2,1H3. The zero-order chi connectivity index (χ0) is 18.0. The van der Waals surface area contributed by atoms with Crippen LogP contribution in [-0.4, -0.2) is 54.7 Å². The molecule has 0 atom stereocenters. The SMILES string of the molecule is CCc1ncc(S(=O)(=O)N2CCN(C(=O)c3ccc(F)cc3)CC2)s1. The molecule has 134 valence electrons. The number of amides is 1. The second-order valence-corrected chi connectivity index (χ2v) is 8.91. The second kappa shape index (κ2) is 7.19. The highest BCUT2D eigenvalue weighted by atomic mass is 32.2. The number of carbonyl (C=O) groups excluding carboxylic acids is 1. The molecule has 0 unspecified atom stereocenters. The zero-order valence-corrected chi connectivity index (χ0v) is 15.3. The molecule has 0 bridgehead atoms. The molecule has 1 aromatic heterocycles. The first kappa shape index (κ1) is 18.0. The van der Waals surface area contributed by atoms with Gasteiger partial charge in [0.25, 0.3) is 15.9 Å². The van der Waals surface area contributed by atoms with E-state index in [1.54, 1.807) is 4.90 Å². The molecule has 0 radical (unpaired) electrons. The van der Waals surface area contributed by atoms with Gasteiger partial charge in [-0.25, -0.2) is 17.8 Å². The minimum Gasteiger partial charge on any atom is -0.336 e. The fourth-order valence-corrected chi connectivity index (χ4v) is 5.31. The van der Waals surface area contributed by atoms with E-state index >= 15 is 0 Å². The lowest BCUT2D eigenvalue weighted by atomic mass is 10.2. The van der Waals surface area contributed by atoms with Gasteiger partial charge in [0, 0.05) is 31.7 Å². The Morgan fingerprint density at radius 2 is 1.84 bits per heavy atom. The summed E-state index contributed by atoms with van der Waals surface area (Å²) in [6.45, 7) is 2.99. The van der Waals surface area contributed by atoms with E-state index in [-0.39, 0.29) is 23.2 Å². The van der Waals surface area contributed by atoms with Gasteiger partial charge in [-0.15, -0.1) is 11.3 Å². The number of nitrogens with zero attached hydrogens (tertiary/aromatic N) is 3. The Hall–Kier alpha value is -1.84. The highest BCUT2D eigenvalue weighted by Crippen LogP contribution is 2.24. The molecule has 9 heteroatoms. The van der Waals surface area contributed by atoms with Crippen molar-refractivity contribution in [1.82, 2.24) is 14.2 Å². The van der Waals surface area contributed by atoms with Crippen molar-refractivity contribution in [3.63, 3.8) is 0 Å². The van der Waals surface area contributed by atoms with Crippen LogP contribution in [0, 0.1) is 5.82 Å². The average molecular weight is 383 g/mol. The number of thiazole rings is 1. The van der Waals surface area contributed by atoms with Gasteiger partial charge in [0.15, 0.2) is 4.21 Å². The largest absolute Gasteiger partial charge is 0.336 e. The maximum atomic E-state index is 13.0. The van der Waals surface area contributed by atoms with Crippen LogP contribution in [0.1, 0.15) is 22.3 Å². The number of aromatic nitrogens is 1. The third-order valence-electron chi connectivity index (χ3n) is 4.05. The van der Waals surface area contributed by atoms with Gasteiger partial charge in [-0.3, -0.25) is 4.79 Å². The number of benzene rings is 1. The lowest BCUT2D eigenvalue weighted by molar-refractivity contribution is 0.0698. The smallest absolute Gasteiger partial charge is 0.254 e. The molecular weight excluding hydrogens is 365 g/mol. The summed E-state index contributed by atoms with van der Waals surface area (Å²) in [6.07, 6.45) is 2.09. The number of hydrogen-bond acceptors (Lipinski definition) is 5. The van der Waals surface area contributed by atoms with Gasteiger partial charge in [0.2, 0.25) is 0 Å². The van der Waals surface area contributed by atoms with Crippen molar-refractivity contribution < 1.29 is 17.6 Å². The van der Waals surface area contributed by atoms with Crippen molar-refractivity contribution in [2.45, 2.75) is 17.6 Å². The van der Waals surface area contributed by atoms with Crippen LogP contribution in [0.4, 0.5) is 4.39 Å². The maximum Gasteiger partial charge on any atom is 0.254 e. The molecule has 1 aliphatic rings. The molecule has 0 spiro atoms.